The molecule has 0 heterocycles. The van der Waals surface area contributed by atoms with Crippen molar-refractivity contribution in [2.24, 2.45) is 0 Å². The number of nitrogens with one attached hydrogen (secondary N) is 1. The van der Waals surface area contributed by atoms with Gasteiger partial charge >= 0.3 is 0 Å². The third-order valence-corrected chi connectivity index (χ3v) is 3.05. The van der Waals surface area contributed by atoms with Gasteiger partial charge in [-0.15, -0.1) is 0 Å². The highest BCUT2D eigenvalue weighted by molar-refractivity contribution is 6.32. The van der Waals surface area contributed by atoms with E-state index in [0.29, 0.717) is 5.02 Å². The maximum absolute atomic E-state index is 6.23. The van der Waals surface area contributed by atoms with E-state index in [-0.39, 0.29) is 11.6 Å². The molecule has 102 valence electrons. The summed E-state index contributed by atoms with van der Waals surface area (Å²) in [6.07, 6.45) is 1.15. The predicted octanol–water partition coefficient (Wildman–Crippen LogP) is 4.41. The molecule has 1 atom stereocenters. The summed E-state index contributed by atoms with van der Waals surface area (Å²) in [7, 11) is 0. The van der Waals surface area contributed by atoms with Gasteiger partial charge in [0, 0.05) is 17.6 Å². The van der Waals surface area contributed by atoms with E-state index >= 15 is 0 Å². The largest absolute Gasteiger partial charge is 0.489 e. The maximum Gasteiger partial charge on any atom is 0.142 e. The molecule has 0 bridgehead atoms. The minimum absolute atomic E-state index is 0.0793. The number of benzene rings is 1. The van der Waals surface area contributed by atoms with Gasteiger partial charge in [-0.3, -0.25) is 0 Å². The van der Waals surface area contributed by atoms with E-state index in [1.807, 2.05) is 12.1 Å². The molecule has 1 aromatic carbocycles. The van der Waals surface area contributed by atoms with Crippen LogP contribution in [0.25, 0.3) is 0 Å². The van der Waals surface area contributed by atoms with Gasteiger partial charge in [-0.25, -0.2) is 0 Å². The van der Waals surface area contributed by atoms with Gasteiger partial charge in [-0.1, -0.05) is 30.7 Å². The molecule has 3 heteroatoms. The molecule has 0 saturated carbocycles. The van der Waals surface area contributed by atoms with E-state index in [1.165, 1.54) is 0 Å². The molecule has 1 N–H and O–H groups in total. The Morgan fingerprint density at radius 1 is 1.33 bits per heavy atom. The van der Waals surface area contributed by atoms with Gasteiger partial charge in [0.25, 0.3) is 0 Å². The fourth-order valence-corrected chi connectivity index (χ4v) is 1.71. The molecule has 0 aromatic heterocycles. The summed E-state index contributed by atoms with van der Waals surface area (Å²) in [6, 6.07) is 5.90. The molecular weight excluding hydrogens is 246 g/mol. The Morgan fingerprint density at radius 3 is 2.56 bits per heavy atom. The minimum Gasteiger partial charge on any atom is -0.489 e. The second kappa shape index (κ2) is 6.44. The van der Waals surface area contributed by atoms with E-state index in [2.05, 4.69) is 46.0 Å². The van der Waals surface area contributed by atoms with Gasteiger partial charge in [0.2, 0.25) is 0 Å². The number of para-hydroxylation sites is 1. The second-order valence-corrected chi connectivity index (χ2v) is 6.08. The molecule has 0 radical (unpaired) electrons. The van der Waals surface area contributed by atoms with Crippen LogP contribution in [0.2, 0.25) is 5.02 Å². The van der Waals surface area contributed by atoms with Gasteiger partial charge in [0.1, 0.15) is 5.75 Å². The van der Waals surface area contributed by atoms with Crippen LogP contribution in [-0.4, -0.2) is 11.6 Å². The van der Waals surface area contributed by atoms with Crippen LogP contribution in [0.5, 0.6) is 5.75 Å². The van der Waals surface area contributed by atoms with Crippen molar-refractivity contribution < 1.29 is 4.74 Å². The van der Waals surface area contributed by atoms with E-state index < -0.39 is 0 Å². The Labute approximate surface area is 116 Å². The zero-order valence-corrected chi connectivity index (χ0v) is 12.8. The molecule has 2 nitrogen and oxygen atoms in total. The number of hydrogen-bond acceptors (Lipinski definition) is 2. The summed E-state index contributed by atoms with van der Waals surface area (Å²) in [5.74, 6) is 0.810. The zero-order chi connectivity index (χ0) is 13.8. The lowest BCUT2D eigenvalue weighted by atomic mass is 10.1. The number of rotatable bonds is 5. The van der Waals surface area contributed by atoms with Crippen molar-refractivity contribution in [1.82, 2.24) is 5.32 Å². The molecular formula is C15H24ClNO. The van der Waals surface area contributed by atoms with Crippen LogP contribution in [0, 0.1) is 0 Å². The quantitative estimate of drug-likeness (QED) is 0.855. The summed E-state index contributed by atoms with van der Waals surface area (Å²) < 4.78 is 5.92. The smallest absolute Gasteiger partial charge is 0.142 e. The highest BCUT2D eigenvalue weighted by Crippen LogP contribution is 2.30. The van der Waals surface area contributed by atoms with Gasteiger partial charge in [0.05, 0.1) is 11.1 Å². The van der Waals surface area contributed by atoms with Crippen LogP contribution in [0.1, 0.15) is 46.6 Å². The van der Waals surface area contributed by atoms with Crippen molar-refractivity contribution >= 4 is 11.6 Å². The van der Waals surface area contributed by atoms with Crippen molar-refractivity contribution in [2.45, 2.75) is 59.2 Å². The molecule has 0 aliphatic heterocycles. The normalized spacial score (nSPS) is 13.4. The van der Waals surface area contributed by atoms with Crippen molar-refractivity contribution in [1.29, 1.82) is 0 Å². The number of halogens is 1. The first-order valence-corrected chi connectivity index (χ1v) is 6.90. The third-order valence-electron chi connectivity index (χ3n) is 2.75. The predicted molar refractivity (Wildman–Crippen MR) is 78.4 cm³/mol. The lowest BCUT2D eigenvalue weighted by molar-refractivity contribution is 0.214. The summed E-state index contributed by atoms with van der Waals surface area (Å²) in [5, 5.41) is 4.14. The van der Waals surface area contributed by atoms with Gasteiger partial charge in [-0.05, 0) is 40.2 Å². The third kappa shape index (κ3) is 4.87. The minimum atomic E-state index is 0.0793. The number of ether oxygens (including phenoxy) is 1. The first-order chi connectivity index (χ1) is 8.33. The molecule has 0 fully saturated rings. The SMILES string of the molecule is CCC(C)Oc1c(Cl)cccc1CNC(C)(C)C. The molecule has 0 aliphatic carbocycles. The Bertz CT molecular complexity index is 385. The first kappa shape index (κ1) is 15.3. The van der Waals surface area contributed by atoms with Crippen LogP contribution in [0.15, 0.2) is 18.2 Å². The van der Waals surface area contributed by atoms with Gasteiger partial charge in [0.15, 0.2) is 0 Å². The zero-order valence-electron chi connectivity index (χ0n) is 12.0. The van der Waals surface area contributed by atoms with Crippen LogP contribution in [0.3, 0.4) is 0 Å². The first-order valence-electron chi connectivity index (χ1n) is 6.52. The Hall–Kier alpha value is -0.730. The van der Waals surface area contributed by atoms with Crippen molar-refractivity contribution in [3.8, 4) is 5.75 Å². The van der Waals surface area contributed by atoms with Gasteiger partial charge in [-0.2, -0.15) is 0 Å². The Morgan fingerprint density at radius 2 is 2.00 bits per heavy atom. The lowest BCUT2D eigenvalue weighted by Crippen LogP contribution is -2.35. The molecule has 0 amide bonds. The van der Waals surface area contributed by atoms with E-state index in [0.717, 1.165) is 24.3 Å². The summed E-state index contributed by atoms with van der Waals surface area (Å²) in [6.45, 7) is 11.4. The summed E-state index contributed by atoms with van der Waals surface area (Å²) >= 11 is 6.23. The van der Waals surface area contributed by atoms with Gasteiger partial charge < -0.3 is 10.1 Å². The maximum atomic E-state index is 6.23. The van der Waals surface area contributed by atoms with Crippen molar-refractivity contribution in [3.05, 3.63) is 28.8 Å². The van der Waals surface area contributed by atoms with E-state index in [9.17, 15) is 0 Å². The standard InChI is InChI=1S/C15H24ClNO/c1-6-11(2)18-14-12(8-7-9-13(14)16)10-17-15(3,4)5/h7-9,11,17H,6,10H2,1-5H3. The molecule has 1 rings (SSSR count). The van der Waals surface area contributed by atoms with Crippen LogP contribution >= 0.6 is 11.6 Å². The Balaban J connectivity index is 2.86. The van der Waals surface area contributed by atoms with Crippen molar-refractivity contribution in [3.63, 3.8) is 0 Å². The summed E-state index contributed by atoms with van der Waals surface area (Å²) in [5.41, 5.74) is 1.19. The highest BCUT2D eigenvalue weighted by atomic mass is 35.5. The van der Waals surface area contributed by atoms with Crippen LogP contribution < -0.4 is 10.1 Å². The highest BCUT2D eigenvalue weighted by Gasteiger charge is 2.14. The Kier molecular flexibility index (Phi) is 5.48. The molecule has 1 aromatic rings. The fourth-order valence-electron chi connectivity index (χ4n) is 1.47. The molecule has 0 saturated heterocycles. The second-order valence-electron chi connectivity index (χ2n) is 5.67. The van der Waals surface area contributed by atoms with Crippen LogP contribution in [0.4, 0.5) is 0 Å². The molecule has 0 aliphatic rings. The van der Waals surface area contributed by atoms with Crippen molar-refractivity contribution in [2.75, 3.05) is 0 Å². The molecule has 18 heavy (non-hydrogen) atoms. The van der Waals surface area contributed by atoms with E-state index in [4.69, 9.17) is 16.3 Å². The topological polar surface area (TPSA) is 21.3 Å². The van der Waals surface area contributed by atoms with Crippen LogP contribution in [-0.2, 0) is 6.54 Å². The fraction of sp³-hybridized carbons (Fsp3) is 0.600. The monoisotopic (exact) mass is 269 g/mol. The molecule has 0 spiro atoms. The summed E-state index contributed by atoms with van der Waals surface area (Å²) in [4.78, 5) is 0. The number of hydrogen-bond donors (Lipinski definition) is 1. The average Bonchev–Trinajstić information content (AvgIpc) is 2.28. The molecule has 1 unspecified atom stereocenters. The lowest BCUT2D eigenvalue weighted by Gasteiger charge is -2.23. The average molecular weight is 270 g/mol. The van der Waals surface area contributed by atoms with E-state index in [1.54, 1.807) is 0 Å².